The summed E-state index contributed by atoms with van der Waals surface area (Å²) in [6, 6.07) is 15.1. The normalized spacial score (nSPS) is 16.5. The zero-order valence-electron chi connectivity index (χ0n) is 12.7. The predicted molar refractivity (Wildman–Crippen MR) is 97.3 cm³/mol. The molecule has 2 heterocycles. The number of aromatic nitrogens is 1. The van der Waals surface area contributed by atoms with Gasteiger partial charge in [0.15, 0.2) is 0 Å². The number of benzene rings is 2. The van der Waals surface area contributed by atoms with E-state index in [1.54, 1.807) is 23.1 Å². The van der Waals surface area contributed by atoms with Gasteiger partial charge in [0.25, 0.3) is 0 Å². The van der Waals surface area contributed by atoms with E-state index in [1.165, 1.54) is 0 Å². The first-order chi connectivity index (χ1) is 11.7. The molecule has 1 aliphatic rings. The second-order valence-corrected chi connectivity index (χ2v) is 6.59. The molecule has 1 amide bonds. The van der Waals surface area contributed by atoms with Crippen LogP contribution in [0, 0.1) is 0 Å². The molecule has 4 rings (SSSR count). The van der Waals surface area contributed by atoms with Crippen molar-refractivity contribution in [1.82, 2.24) is 4.98 Å². The highest BCUT2D eigenvalue weighted by molar-refractivity contribution is 6.40. The number of H-pyrrole nitrogens is 1. The minimum atomic E-state index is -0.246. The third kappa shape index (κ3) is 2.41. The number of amides is 1. The minimum Gasteiger partial charge on any atom is -0.367 e. The van der Waals surface area contributed by atoms with Gasteiger partial charge in [-0.05, 0) is 41.8 Å². The van der Waals surface area contributed by atoms with Gasteiger partial charge in [0.2, 0.25) is 5.91 Å². The van der Waals surface area contributed by atoms with Crippen LogP contribution in [0.3, 0.4) is 0 Å². The van der Waals surface area contributed by atoms with Crippen molar-refractivity contribution in [2.45, 2.75) is 12.3 Å². The number of aromatic amines is 1. The number of nitrogens with zero attached hydrogens (tertiary/aromatic N) is 1. The van der Waals surface area contributed by atoms with Crippen molar-refractivity contribution in [3.8, 4) is 0 Å². The first-order valence-electron chi connectivity index (χ1n) is 7.65. The molecule has 3 aromatic rings. The number of rotatable bonds is 3. The highest BCUT2D eigenvalue weighted by atomic mass is 35.5. The molecule has 1 unspecified atom stereocenters. The van der Waals surface area contributed by atoms with E-state index < -0.39 is 0 Å². The van der Waals surface area contributed by atoms with E-state index in [0.717, 1.165) is 16.8 Å². The van der Waals surface area contributed by atoms with Crippen LogP contribution in [-0.4, -0.2) is 10.9 Å². The summed E-state index contributed by atoms with van der Waals surface area (Å²) in [7, 11) is 0. The molecule has 0 radical (unpaired) electrons. The molecule has 1 aromatic heterocycles. The predicted octanol–water partition coefficient (Wildman–Crippen LogP) is 5.33. The van der Waals surface area contributed by atoms with Gasteiger partial charge in [-0.3, -0.25) is 9.69 Å². The van der Waals surface area contributed by atoms with Crippen LogP contribution >= 0.6 is 23.2 Å². The van der Waals surface area contributed by atoms with E-state index in [9.17, 15) is 4.79 Å². The van der Waals surface area contributed by atoms with Gasteiger partial charge in [-0.25, -0.2) is 0 Å². The molecule has 0 saturated carbocycles. The Morgan fingerprint density at radius 3 is 2.46 bits per heavy atom. The van der Waals surface area contributed by atoms with Crippen LogP contribution in [0.4, 0.5) is 11.4 Å². The summed E-state index contributed by atoms with van der Waals surface area (Å²) in [5, 5.41) is 0.931. The Morgan fingerprint density at radius 1 is 1.00 bits per heavy atom. The Bertz CT molecular complexity index is 885. The molecule has 0 spiro atoms. The van der Waals surface area contributed by atoms with Crippen molar-refractivity contribution in [2.24, 2.45) is 0 Å². The van der Waals surface area contributed by atoms with Crippen molar-refractivity contribution in [3.05, 3.63) is 82.1 Å². The van der Waals surface area contributed by atoms with Crippen LogP contribution in [0.5, 0.6) is 0 Å². The second kappa shape index (κ2) is 6.00. The van der Waals surface area contributed by atoms with Crippen LogP contribution < -0.4 is 4.90 Å². The standard InChI is InChI=1S/C19H14Cl2N2O/c20-15-5-3-6-16(21)18(15)23-17-7-2-1-4-13(17)14(19(23)24)10-12-8-9-22-11-12/h1-9,11,14,22H,10H2. The lowest BCUT2D eigenvalue weighted by Gasteiger charge is -2.21. The maximum atomic E-state index is 13.2. The average Bonchev–Trinajstić information content (AvgIpc) is 3.17. The summed E-state index contributed by atoms with van der Waals surface area (Å²) in [6.07, 6.45) is 4.42. The van der Waals surface area contributed by atoms with Gasteiger partial charge in [0.1, 0.15) is 0 Å². The topological polar surface area (TPSA) is 36.1 Å². The lowest BCUT2D eigenvalue weighted by molar-refractivity contribution is -0.118. The van der Waals surface area contributed by atoms with Gasteiger partial charge < -0.3 is 4.98 Å². The van der Waals surface area contributed by atoms with E-state index in [0.29, 0.717) is 22.2 Å². The maximum Gasteiger partial charge on any atom is 0.239 e. The fourth-order valence-corrected chi connectivity index (χ4v) is 3.81. The molecule has 0 saturated heterocycles. The Labute approximate surface area is 149 Å². The van der Waals surface area contributed by atoms with E-state index >= 15 is 0 Å². The highest BCUT2D eigenvalue weighted by Gasteiger charge is 2.39. The molecule has 0 fully saturated rings. The molecular formula is C19H14Cl2N2O. The number of para-hydroxylation sites is 2. The van der Waals surface area contributed by atoms with Gasteiger partial charge in [-0.1, -0.05) is 47.5 Å². The van der Waals surface area contributed by atoms with Gasteiger partial charge >= 0.3 is 0 Å². The molecule has 2 aromatic carbocycles. The quantitative estimate of drug-likeness (QED) is 0.676. The second-order valence-electron chi connectivity index (χ2n) is 5.78. The zero-order valence-corrected chi connectivity index (χ0v) is 14.2. The van der Waals surface area contributed by atoms with Crippen LogP contribution in [-0.2, 0) is 11.2 Å². The maximum absolute atomic E-state index is 13.2. The van der Waals surface area contributed by atoms with E-state index in [1.807, 2.05) is 42.7 Å². The summed E-state index contributed by atoms with van der Waals surface area (Å²) in [5.41, 5.74) is 3.49. The lowest BCUT2D eigenvalue weighted by Crippen LogP contribution is -2.25. The molecule has 1 aliphatic heterocycles. The summed E-state index contributed by atoms with van der Waals surface area (Å²) in [6.45, 7) is 0. The van der Waals surface area contributed by atoms with E-state index in [-0.39, 0.29) is 11.8 Å². The molecule has 1 atom stereocenters. The van der Waals surface area contributed by atoms with Crippen LogP contribution in [0.1, 0.15) is 17.0 Å². The van der Waals surface area contributed by atoms with Crippen molar-refractivity contribution in [3.63, 3.8) is 0 Å². The molecule has 0 aliphatic carbocycles. The molecule has 5 heteroatoms. The fraction of sp³-hybridized carbons (Fsp3) is 0.105. The Morgan fingerprint density at radius 2 is 1.75 bits per heavy atom. The molecular weight excluding hydrogens is 343 g/mol. The third-order valence-corrected chi connectivity index (χ3v) is 4.94. The van der Waals surface area contributed by atoms with Gasteiger partial charge in [0.05, 0.1) is 27.3 Å². The molecule has 3 nitrogen and oxygen atoms in total. The number of carbonyl (C=O) groups is 1. The third-order valence-electron chi connectivity index (χ3n) is 4.33. The number of nitrogens with one attached hydrogen (secondary N) is 1. The van der Waals surface area contributed by atoms with E-state index in [4.69, 9.17) is 23.2 Å². The average molecular weight is 357 g/mol. The first kappa shape index (κ1) is 15.3. The number of hydrogen-bond donors (Lipinski definition) is 1. The van der Waals surface area contributed by atoms with Crippen LogP contribution in [0.15, 0.2) is 60.9 Å². The van der Waals surface area contributed by atoms with Crippen molar-refractivity contribution < 1.29 is 4.79 Å². The highest BCUT2D eigenvalue weighted by Crippen LogP contribution is 2.47. The fourth-order valence-electron chi connectivity index (χ4n) is 3.25. The number of anilines is 2. The van der Waals surface area contributed by atoms with Crippen LogP contribution in [0.2, 0.25) is 10.0 Å². The van der Waals surface area contributed by atoms with Gasteiger partial charge in [0, 0.05) is 12.4 Å². The largest absolute Gasteiger partial charge is 0.367 e. The van der Waals surface area contributed by atoms with Crippen molar-refractivity contribution in [2.75, 3.05) is 4.90 Å². The zero-order chi connectivity index (χ0) is 16.7. The molecule has 0 bridgehead atoms. The number of halogens is 2. The molecule has 120 valence electrons. The molecule has 1 N–H and O–H groups in total. The number of carbonyl (C=O) groups excluding carboxylic acids is 1. The summed E-state index contributed by atoms with van der Waals surface area (Å²) < 4.78 is 0. The SMILES string of the molecule is O=C1C(Cc2cc[nH]c2)c2ccccc2N1c1c(Cl)cccc1Cl. The molecule has 24 heavy (non-hydrogen) atoms. The summed E-state index contributed by atoms with van der Waals surface area (Å²) in [5.74, 6) is -0.253. The summed E-state index contributed by atoms with van der Waals surface area (Å²) in [4.78, 5) is 17.9. The van der Waals surface area contributed by atoms with Crippen LogP contribution in [0.25, 0.3) is 0 Å². The Kier molecular flexibility index (Phi) is 3.83. The Balaban J connectivity index is 1.83. The van der Waals surface area contributed by atoms with Crippen molar-refractivity contribution in [1.29, 1.82) is 0 Å². The minimum absolute atomic E-state index is 0.00704. The lowest BCUT2D eigenvalue weighted by atomic mass is 9.94. The van der Waals surface area contributed by atoms with E-state index in [2.05, 4.69) is 4.98 Å². The van der Waals surface area contributed by atoms with Crippen molar-refractivity contribution >= 4 is 40.5 Å². The van der Waals surface area contributed by atoms with Gasteiger partial charge in [-0.2, -0.15) is 0 Å². The van der Waals surface area contributed by atoms with Gasteiger partial charge in [-0.15, -0.1) is 0 Å². The first-order valence-corrected chi connectivity index (χ1v) is 8.41. The smallest absolute Gasteiger partial charge is 0.239 e. The Hall–Kier alpha value is -2.23. The summed E-state index contributed by atoms with van der Waals surface area (Å²) >= 11 is 12.7. The monoisotopic (exact) mass is 356 g/mol. The number of fused-ring (bicyclic) bond motifs is 1. The number of hydrogen-bond acceptors (Lipinski definition) is 1.